The molecule has 128 valence electrons. The van der Waals surface area contributed by atoms with Gasteiger partial charge in [0.05, 0.1) is 11.3 Å². The molecule has 0 radical (unpaired) electrons. The summed E-state index contributed by atoms with van der Waals surface area (Å²) in [5.41, 5.74) is 6.42. The first-order valence-corrected chi connectivity index (χ1v) is 8.22. The summed E-state index contributed by atoms with van der Waals surface area (Å²) in [6.45, 7) is 4.04. The highest BCUT2D eigenvalue weighted by atomic mass is 16.2. The maximum Gasteiger partial charge on any atom is 0.298 e. The molecule has 1 saturated carbocycles. The predicted molar refractivity (Wildman–Crippen MR) is 89.5 cm³/mol. The monoisotopic (exact) mass is 330 g/mol. The first-order chi connectivity index (χ1) is 11.3. The molecule has 2 amide bonds. The standard InChI is InChI=1S/C17H22N4O3/c1-17(2,18)10-5-3-9(4-6-10)15(23)20-11-7-8-19-14-12(11)13(22)16(24)21-14/h7-10H,3-6,18H2,1-2H3,(H2,19,20,21,22,23,24)/t9-,10-. The summed E-state index contributed by atoms with van der Waals surface area (Å²) in [5.74, 6) is -0.991. The van der Waals surface area contributed by atoms with E-state index in [0.29, 0.717) is 11.6 Å². The molecule has 1 aliphatic heterocycles. The van der Waals surface area contributed by atoms with E-state index in [2.05, 4.69) is 15.6 Å². The number of carbonyl (C=O) groups excluding carboxylic acids is 3. The van der Waals surface area contributed by atoms with Crippen molar-refractivity contribution in [2.45, 2.75) is 45.1 Å². The van der Waals surface area contributed by atoms with Crippen LogP contribution < -0.4 is 16.4 Å². The summed E-state index contributed by atoms with van der Waals surface area (Å²) in [5, 5.41) is 5.19. The Hall–Kier alpha value is -2.28. The van der Waals surface area contributed by atoms with Gasteiger partial charge in [0.2, 0.25) is 5.91 Å². The highest BCUT2D eigenvalue weighted by Gasteiger charge is 2.35. The van der Waals surface area contributed by atoms with Crippen LogP contribution in [0.3, 0.4) is 0 Å². The largest absolute Gasteiger partial charge is 0.325 e. The minimum Gasteiger partial charge on any atom is -0.325 e. The molecule has 4 N–H and O–H groups in total. The van der Waals surface area contributed by atoms with E-state index in [1.807, 2.05) is 13.8 Å². The molecule has 0 bridgehead atoms. The van der Waals surface area contributed by atoms with E-state index in [1.54, 1.807) is 6.07 Å². The average Bonchev–Trinajstić information content (AvgIpc) is 2.82. The average molecular weight is 330 g/mol. The fourth-order valence-electron chi connectivity index (χ4n) is 3.50. The maximum atomic E-state index is 12.5. The summed E-state index contributed by atoms with van der Waals surface area (Å²) in [4.78, 5) is 39.9. The Balaban J connectivity index is 1.69. The van der Waals surface area contributed by atoms with E-state index >= 15 is 0 Å². The van der Waals surface area contributed by atoms with Gasteiger partial charge in [-0.1, -0.05) is 0 Å². The Kier molecular flexibility index (Phi) is 4.13. The summed E-state index contributed by atoms with van der Waals surface area (Å²) in [7, 11) is 0. The van der Waals surface area contributed by atoms with Gasteiger partial charge in [-0.3, -0.25) is 14.4 Å². The number of hydrogen-bond donors (Lipinski definition) is 3. The highest BCUT2D eigenvalue weighted by molar-refractivity contribution is 6.52. The zero-order chi connectivity index (χ0) is 17.5. The number of pyridine rings is 1. The molecule has 1 aliphatic carbocycles. The zero-order valence-corrected chi connectivity index (χ0v) is 13.9. The maximum absolute atomic E-state index is 12.5. The molecule has 2 heterocycles. The molecule has 1 fully saturated rings. The van der Waals surface area contributed by atoms with Crippen LogP contribution in [0.4, 0.5) is 11.5 Å². The van der Waals surface area contributed by atoms with Crippen LogP contribution in [0.2, 0.25) is 0 Å². The molecule has 0 atom stereocenters. The third-order valence-corrected chi connectivity index (χ3v) is 5.02. The number of nitrogens with zero attached hydrogens (tertiary/aromatic N) is 1. The molecule has 0 saturated heterocycles. The SMILES string of the molecule is CC(C)(N)[C@H]1CC[C@H](C(=O)Nc2ccnc3c2C(=O)C(=O)N3)CC1. The van der Waals surface area contributed by atoms with Crippen molar-refractivity contribution in [2.75, 3.05) is 10.6 Å². The van der Waals surface area contributed by atoms with Gasteiger partial charge in [-0.05, 0) is 51.5 Å². The van der Waals surface area contributed by atoms with Gasteiger partial charge in [-0.15, -0.1) is 0 Å². The molecule has 0 unspecified atom stereocenters. The van der Waals surface area contributed by atoms with E-state index in [0.717, 1.165) is 25.7 Å². The van der Waals surface area contributed by atoms with Crippen molar-refractivity contribution in [3.05, 3.63) is 17.8 Å². The molecule has 2 aliphatic rings. The lowest BCUT2D eigenvalue weighted by Crippen LogP contribution is -2.43. The number of aromatic nitrogens is 1. The second-order valence-corrected chi connectivity index (χ2v) is 7.22. The number of Topliss-reactive ketones (excluding diaryl/α,β-unsaturated/α-hetero) is 1. The van der Waals surface area contributed by atoms with Crippen molar-refractivity contribution in [3.8, 4) is 0 Å². The fraction of sp³-hybridized carbons (Fsp3) is 0.529. The van der Waals surface area contributed by atoms with E-state index in [1.165, 1.54) is 6.20 Å². The predicted octanol–water partition coefficient (Wildman–Crippen LogP) is 1.70. The Bertz CT molecular complexity index is 700. The fourth-order valence-corrected chi connectivity index (χ4v) is 3.50. The summed E-state index contributed by atoms with van der Waals surface area (Å²) in [6.07, 6.45) is 4.83. The van der Waals surface area contributed by atoms with Gasteiger partial charge in [0, 0.05) is 17.7 Å². The molecule has 7 heteroatoms. The van der Waals surface area contributed by atoms with E-state index < -0.39 is 11.7 Å². The Morgan fingerprint density at radius 2 is 1.96 bits per heavy atom. The van der Waals surface area contributed by atoms with Gasteiger partial charge < -0.3 is 16.4 Å². The van der Waals surface area contributed by atoms with Crippen LogP contribution in [0, 0.1) is 11.8 Å². The van der Waals surface area contributed by atoms with Crippen molar-refractivity contribution in [1.29, 1.82) is 0 Å². The number of rotatable bonds is 3. The molecule has 3 rings (SSSR count). The number of hydrogen-bond acceptors (Lipinski definition) is 5. The van der Waals surface area contributed by atoms with E-state index in [9.17, 15) is 14.4 Å². The lowest BCUT2D eigenvalue weighted by atomic mass is 9.73. The van der Waals surface area contributed by atoms with Crippen molar-refractivity contribution in [3.63, 3.8) is 0 Å². The van der Waals surface area contributed by atoms with Crippen molar-refractivity contribution in [1.82, 2.24) is 4.98 Å². The van der Waals surface area contributed by atoms with Gasteiger partial charge >= 0.3 is 0 Å². The van der Waals surface area contributed by atoms with Crippen molar-refractivity contribution >= 4 is 29.1 Å². The first kappa shape index (κ1) is 16.6. The Morgan fingerprint density at radius 3 is 2.58 bits per heavy atom. The molecule has 1 aromatic rings. The summed E-state index contributed by atoms with van der Waals surface area (Å²) < 4.78 is 0. The smallest absolute Gasteiger partial charge is 0.298 e. The second kappa shape index (κ2) is 5.98. The minimum absolute atomic E-state index is 0.104. The lowest BCUT2D eigenvalue weighted by molar-refractivity contribution is -0.121. The zero-order valence-electron chi connectivity index (χ0n) is 13.9. The molecule has 0 aromatic carbocycles. The number of amides is 2. The van der Waals surface area contributed by atoms with E-state index in [-0.39, 0.29) is 28.7 Å². The van der Waals surface area contributed by atoms with Crippen LogP contribution in [0.5, 0.6) is 0 Å². The number of anilines is 2. The molecular weight excluding hydrogens is 308 g/mol. The Labute approximate surface area is 140 Å². The summed E-state index contributed by atoms with van der Waals surface area (Å²) >= 11 is 0. The molecule has 24 heavy (non-hydrogen) atoms. The number of nitrogens with one attached hydrogen (secondary N) is 2. The van der Waals surface area contributed by atoms with Crippen molar-refractivity contribution in [2.24, 2.45) is 17.6 Å². The lowest BCUT2D eigenvalue weighted by Gasteiger charge is -2.36. The van der Waals surface area contributed by atoms with Crippen LogP contribution >= 0.6 is 0 Å². The van der Waals surface area contributed by atoms with Gasteiger partial charge in [0.1, 0.15) is 5.82 Å². The third kappa shape index (κ3) is 3.03. The number of nitrogens with two attached hydrogens (primary N) is 1. The second-order valence-electron chi connectivity index (χ2n) is 7.22. The van der Waals surface area contributed by atoms with Gasteiger partial charge in [-0.2, -0.15) is 0 Å². The number of carbonyl (C=O) groups is 3. The first-order valence-electron chi connectivity index (χ1n) is 8.22. The molecular formula is C17H22N4O3. The third-order valence-electron chi connectivity index (χ3n) is 5.02. The highest BCUT2D eigenvalue weighted by Crippen LogP contribution is 2.35. The minimum atomic E-state index is -0.718. The number of fused-ring (bicyclic) bond motifs is 1. The van der Waals surface area contributed by atoms with Crippen LogP contribution in [-0.4, -0.2) is 28.1 Å². The van der Waals surface area contributed by atoms with E-state index in [4.69, 9.17) is 5.73 Å². The molecule has 1 aromatic heterocycles. The molecule has 0 spiro atoms. The Morgan fingerprint density at radius 1 is 1.29 bits per heavy atom. The summed E-state index contributed by atoms with van der Waals surface area (Å²) in [6, 6.07) is 1.55. The quantitative estimate of drug-likeness (QED) is 0.730. The van der Waals surface area contributed by atoms with Gasteiger partial charge in [-0.25, -0.2) is 4.98 Å². The van der Waals surface area contributed by atoms with Crippen LogP contribution in [0.25, 0.3) is 0 Å². The number of ketones is 1. The topological polar surface area (TPSA) is 114 Å². The van der Waals surface area contributed by atoms with Crippen LogP contribution in [0.15, 0.2) is 12.3 Å². The van der Waals surface area contributed by atoms with Crippen LogP contribution in [-0.2, 0) is 9.59 Å². The normalized spacial score (nSPS) is 23.6. The van der Waals surface area contributed by atoms with Crippen LogP contribution in [0.1, 0.15) is 49.9 Å². The van der Waals surface area contributed by atoms with Crippen molar-refractivity contribution < 1.29 is 14.4 Å². The van der Waals surface area contributed by atoms with Gasteiger partial charge in [0.25, 0.3) is 11.7 Å². The molecule has 7 nitrogen and oxygen atoms in total. The van der Waals surface area contributed by atoms with Gasteiger partial charge in [0.15, 0.2) is 0 Å².